The Balaban J connectivity index is 2.44. The Kier molecular flexibility index (Phi) is 1.88. The van der Waals surface area contributed by atoms with Gasteiger partial charge < -0.3 is 0 Å². The van der Waals surface area contributed by atoms with Gasteiger partial charge in [-0.15, -0.1) is 4.91 Å². The largest absolute Gasteiger partial charge is 0.276 e. The molecular weight excluding hydrogens is 166 g/mol. The molecule has 0 aromatic heterocycles. The highest BCUT2D eigenvalue weighted by Crippen LogP contribution is 2.18. The van der Waals surface area contributed by atoms with E-state index in [4.69, 9.17) is 0 Å². The van der Waals surface area contributed by atoms with Crippen LogP contribution in [0.25, 0.3) is 6.08 Å². The van der Waals surface area contributed by atoms with Crippen molar-refractivity contribution in [3.63, 3.8) is 0 Å². The highest BCUT2D eigenvalue weighted by molar-refractivity contribution is 5.99. The Morgan fingerprint density at radius 1 is 1.23 bits per heavy atom. The predicted octanol–water partition coefficient (Wildman–Crippen LogP) is 2.21. The lowest BCUT2D eigenvalue weighted by molar-refractivity contribution is 1.32. The third-order valence-corrected chi connectivity index (χ3v) is 1.76. The molecule has 1 aromatic carbocycles. The third-order valence-electron chi connectivity index (χ3n) is 1.76. The van der Waals surface area contributed by atoms with Gasteiger partial charge in [-0.05, 0) is 29.0 Å². The average molecular weight is 173 g/mol. The zero-order valence-electron chi connectivity index (χ0n) is 6.77. The van der Waals surface area contributed by atoms with Gasteiger partial charge in [0.1, 0.15) is 0 Å². The number of benzene rings is 1. The minimum Gasteiger partial charge on any atom is -0.276 e. The summed E-state index contributed by atoms with van der Waals surface area (Å²) in [6.45, 7) is 0. The van der Waals surface area contributed by atoms with E-state index in [9.17, 15) is 4.91 Å². The van der Waals surface area contributed by atoms with Crippen LogP contribution in [0.1, 0.15) is 5.56 Å². The minimum absolute atomic E-state index is 0.149. The van der Waals surface area contributed by atoms with E-state index < -0.39 is 0 Å². The van der Waals surface area contributed by atoms with E-state index in [1.54, 1.807) is 12.2 Å². The number of nitrogens with one attached hydrogen (secondary N) is 1. The number of anilines is 1. The van der Waals surface area contributed by atoms with Gasteiger partial charge in [-0.2, -0.15) is 5.10 Å². The maximum absolute atomic E-state index is 10.2. The summed E-state index contributed by atoms with van der Waals surface area (Å²) in [6.07, 6.45) is 3.38. The fraction of sp³-hybridized carbons (Fsp3) is 0. The van der Waals surface area contributed by atoms with Crippen molar-refractivity contribution in [1.29, 1.82) is 0 Å². The standard InChI is InChI=1S/C9H7N3O/c13-12-9-6-5-7-3-1-2-4-8(7)10-11-9/h1-6,10H. The predicted molar refractivity (Wildman–Crippen MR) is 52.3 cm³/mol. The third kappa shape index (κ3) is 1.46. The number of para-hydroxylation sites is 1. The van der Waals surface area contributed by atoms with Crippen LogP contribution in [0.15, 0.2) is 40.6 Å². The molecule has 2 rings (SSSR count). The van der Waals surface area contributed by atoms with Crippen LogP contribution >= 0.6 is 0 Å². The Labute approximate surface area is 74.9 Å². The second-order valence-corrected chi connectivity index (χ2v) is 2.59. The monoisotopic (exact) mass is 173 g/mol. The Bertz CT molecular complexity index is 396. The summed E-state index contributed by atoms with van der Waals surface area (Å²) in [5.41, 5.74) is 4.62. The quantitative estimate of drug-likeness (QED) is 0.611. The first-order valence-electron chi connectivity index (χ1n) is 3.84. The van der Waals surface area contributed by atoms with E-state index in [-0.39, 0.29) is 5.84 Å². The summed E-state index contributed by atoms with van der Waals surface area (Å²) in [6, 6.07) is 7.64. The molecule has 0 bridgehead atoms. The molecule has 13 heavy (non-hydrogen) atoms. The van der Waals surface area contributed by atoms with Gasteiger partial charge in [0.25, 0.3) is 0 Å². The number of fused-ring (bicyclic) bond motifs is 1. The van der Waals surface area contributed by atoms with Gasteiger partial charge in [-0.1, -0.05) is 18.2 Å². The van der Waals surface area contributed by atoms with Crippen LogP contribution in [-0.4, -0.2) is 5.84 Å². The molecule has 0 fully saturated rings. The zero-order valence-corrected chi connectivity index (χ0v) is 6.77. The molecule has 4 heteroatoms. The molecule has 0 radical (unpaired) electrons. The van der Waals surface area contributed by atoms with Gasteiger partial charge in [0.05, 0.1) is 5.69 Å². The molecule has 1 N–H and O–H groups in total. The van der Waals surface area contributed by atoms with Gasteiger partial charge in [0, 0.05) is 0 Å². The molecule has 1 aliphatic rings. The van der Waals surface area contributed by atoms with Crippen LogP contribution in [0.4, 0.5) is 5.69 Å². The van der Waals surface area contributed by atoms with Gasteiger partial charge in [-0.25, -0.2) is 0 Å². The normalized spacial score (nSPS) is 13.7. The molecule has 64 valence electrons. The van der Waals surface area contributed by atoms with E-state index in [2.05, 4.69) is 15.7 Å². The fourth-order valence-corrected chi connectivity index (χ4v) is 1.11. The molecule has 0 saturated carbocycles. The van der Waals surface area contributed by atoms with E-state index >= 15 is 0 Å². The van der Waals surface area contributed by atoms with Crippen LogP contribution < -0.4 is 5.43 Å². The van der Waals surface area contributed by atoms with Crippen molar-refractivity contribution in [3.05, 3.63) is 40.8 Å². The van der Waals surface area contributed by atoms with Crippen molar-refractivity contribution in [2.75, 3.05) is 5.43 Å². The maximum atomic E-state index is 10.2. The molecule has 0 spiro atoms. The number of hydrazone groups is 1. The van der Waals surface area contributed by atoms with Gasteiger partial charge in [0.2, 0.25) is 5.84 Å². The van der Waals surface area contributed by atoms with Crippen LogP contribution in [0.2, 0.25) is 0 Å². The van der Waals surface area contributed by atoms with Crippen molar-refractivity contribution in [3.8, 4) is 0 Å². The molecule has 1 aliphatic heterocycles. The summed E-state index contributed by atoms with van der Waals surface area (Å²) in [4.78, 5) is 10.2. The van der Waals surface area contributed by atoms with E-state index in [1.807, 2.05) is 24.3 Å². The Hall–Kier alpha value is -1.97. The summed E-state index contributed by atoms with van der Waals surface area (Å²) in [5, 5.41) is 6.52. The SMILES string of the molecule is O=NC1=NNc2ccccc2C=C1. The lowest BCUT2D eigenvalue weighted by Gasteiger charge is -2.00. The van der Waals surface area contributed by atoms with Crippen LogP contribution in [-0.2, 0) is 0 Å². The summed E-state index contributed by atoms with van der Waals surface area (Å²) >= 11 is 0. The van der Waals surface area contributed by atoms with Crippen molar-refractivity contribution >= 4 is 17.6 Å². The molecule has 0 amide bonds. The second-order valence-electron chi connectivity index (χ2n) is 2.59. The number of rotatable bonds is 0. The summed E-state index contributed by atoms with van der Waals surface area (Å²) in [7, 11) is 0. The fourth-order valence-electron chi connectivity index (χ4n) is 1.11. The highest BCUT2D eigenvalue weighted by atomic mass is 16.3. The molecule has 0 unspecified atom stereocenters. The van der Waals surface area contributed by atoms with Crippen molar-refractivity contribution < 1.29 is 0 Å². The van der Waals surface area contributed by atoms with E-state index in [0.717, 1.165) is 11.3 Å². The van der Waals surface area contributed by atoms with Crippen LogP contribution in [0.3, 0.4) is 0 Å². The van der Waals surface area contributed by atoms with Crippen LogP contribution in [0.5, 0.6) is 0 Å². The lowest BCUT2D eigenvalue weighted by Crippen LogP contribution is -1.92. The first-order valence-corrected chi connectivity index (χ1v) is 3.84. The number of hydrogen-bond acceptors (Lipinski definition) is 4. The topological polar surface area (TPSA) is 53.8 Å². The second kappa shape index (κ2) is 3.18. The lowest BCUT2D eigenvalue weighted by atomic mass is 10.2. The van der Waals surface area contributed by atoms with Gasteiger partial charge >= 0.3 is 0 Å². The summed E-state index contributed by atoms with van der Waals surface area (Å²) in [5.74, 6) is 0.149. The number of hydrogen-bond donors (Lipinski definition) is 1. The molecule has 0 atom stereocenters. The molecular formula is C9H7N3O. The first-order chi connectivity index (χ1) is 6.40. The molecule has 4 nitrogen and oxygen atoms in total. The zero-order chi connectivity index (χ0) is 9.10. The Morgan fingerprint density at radius 3 is 2.92 bits per heavy atom. The van der Waals surface area contributed by atoms with Gasteiger partial charge in [0.15, 0.2) is 0 Å². The summed E-state index contributed by atoms with van der Waals surface area (Å²) < 4.78 is 0. The highest BCUT2D eigenvalue weighted by Gasteiger charge is 2.02. The smallest absolute Gasteiger partial charge is 0.215 e. The molecule has 0 aliphatic carbocycles. The van der Waals surface area contributed by atoms with Crippen LogP contribution in [0, 0.1) is 4.91 Å². The number of amidine groups is 1. The van der Waals surface area contributed by atoms with Gasteiger partial charge in [-0.3, -0.25) is 5.43 Å². The van der Waals surface area contributed by atoms with E-state index in [0.29, 0.717) is 0 Å². The number of nitroso groups, excluding NO2 is 1. The number of nitrogens with zero attached hydrogens (tertiary/aromatic N) is 2. The first kappa shape index (κ1) is 7.67. The molecule has 0 saturated heterocycles. The van der Waals surface area contributed by atoms with E-state index in [1.165, 1.54) is 0 Å². The Morgan fingerprint density at radius 2 is 2.08 bits per heavy atom. The maximum Gasteiger partial charge on any atom is 0.215 e. The average Bonchev–Trinajstić information content (AvgIpc) is 2.39. The van der Waals surface area contributed by atoms with Crippen molar-refractivity contribution in [2.45, 2.75) is 0 Å². The van der Waals surface area contributed by atoms with Crippen molar-refractivity contribution in [1.82, 2.24) is 0 Å². The minimum atomic E-state index is 0.149. The molecule has 1 heterocycles. The van der Waals surface area contributed by atoms with Crippen molar-refractivity contribution in [2.24, 2.45) is 10.3 Å². The molecule has 1 aromatic rings.